The molecule has 1 aromatic rings. The number of hydrogen-bond acceptors (Lipinski definition) is 3. The summed E-state index contributed by atoms with van der Waals surface area (Å²) >= 11 is 0. The van der Waals surface area contributed by atoms with E-state index >= 15 is 0 Å². The maximum absolute atomic E-state index is 9.65. The van der Waals surface area contributed by atoms with E-state index in [4.69, 9.17) is 4.74 Å². The van der Waals surface area contributed by atoms with Crippen LogP contribution in [0, 0.1) is 13.8 Å². The Labute approximate surface area is 103 Å². The molecule has 0 aliphatic rings. The Kier molecular flexibility index (Phi) is 5.73. The Hall–Kier alpha value is -1.32. The lowest BCUT2D eigenvalue weighted by molar-refractivity contribution is 0.107. The molecule has 0 heterocycles. The third kappa shape index (κ3) is 5.52. The van der Waals surface area contributed by atoms with E-state index in [1.165, 1.54) is 11.1 Å². The second kappa shape index (κ2) is 7.09. The monoisotopic (exact) mass is 235 g/mol. The molecular formula is C14H21NO2. The Morgan fingerprint density at radius 3 is 2.59 bits per heavy atom. The summed E-state index contributed by atoms with van der Waals surface area (Å²) in [6.07, 6.45) is 1.26. The van der Waals surface area contributed by atoms with Gasteiger partial charge in [-0.1, -0.05) is 12.1 Å². The molecule has 94 valence electrons. The average Bonchev–Trinajstić information content (AvgIpc) is 2.25. The van der Waals surface area contributed by atoms with Crippen molar-refractivity contribution >= 4 is 0 Å². The van der Waals surface area contributed by atoms with Crippen molar-refractivity contribution in [3.63, 3.8) is 0 Å². The molecule has 0 unspecified atom stereocenters. The molecule has 0 spiro atoms. The van der Waals surface area contributed by atoms with Gasteiger partial charge in [0.1, 0.15) is 18.5 Å². The predicted molar refractivity (Wildman–Crippen MR) is 70.5 cm³/mol. The number of nitrogens with one attached hydrogen (secondary N) is 1. The summed E-state index contributed by atoms with van der Waals surface area (Å²) in [5.41, 5.74) is 2.33. The first-order chi connectivity index (χ1) is 8.11. The van der Waals surface area contributed by atoms with E-state index in [9.17, 15) is 5.11 Å². The van der Waals surface area contributed by atoms with Gasteiger partial charge in [-0.05, 0) is 37.1 Å². The highest BCUT2D eigenvalue weighted by molar-refractivity contribution is 5.32. The zero-order chi connectivity index (χ0) is 12.7. The molecular weight excluding hydrogens is 214 g/mol. The number of rotatable bonds is 7. The van der Waals surface area contributed by atoms with Crippen LogP contribution in [0.2, 0.25) is 0 Å². The van der Waals surface area contributed by atoms with Gasteiger partial charge in [-0.3, -0.25) is 0 Å². The lowest BCUT2D eigenvalue weighted by atomic mass is 10.1. The second-order valence-corrected chi connectivity index (χ2v) is 4.24. The first-order valence-electron chi connectivity index (χ1n) is 5.82. The van der Waals surface area contributed by atoms with Crippen molar-refractivity contribution in [1.29, 1.82) is 0 Å². The van der Waals surface area contributed by atoms with Gasteiger partial charge in [-0.15, -0.1) is 6.58 Å². The molecule has 0 bridgehead atoms. The maximum atomic E-state index is 9.65. The second-order valence-electron chi connectivity index (χ2n) is 4.24. The zero-order valence-corrected chi connectivity index (χ0v) is 10.6. The molecule has 1 rings (SSSR count). The molecule has 0 saturated heterocycles. The zero-order valence-electron chi connectivity index (χ0n) is 10.6. The van der Waals surface area contributed by atoms with Crippen LogP contribution in [0.5, 0.6) is 5.75 Å². The van der Waals surface area contributed by atoms with Crippen LogP contribution in [-0.4, -0.2) is 30.9 Å². The highest BCUT2D eigenvalue weighted by Crippen LogP contribution is 2.16. The minimum atomic E-state index is -0.504. The molecule has 3 heteroatoms. The van der Waals surface area contributed by atoms with Crippen LogP contribution >= 0.6 is 0 Å². The van der Waals surface area contributed by atoms with E-state index in [1.807, 2.05) is 26.0 Å². The number of aryl methyl sites for hydroxylation is 2. The topological polar surface area (TPSA) is 41.5 Å². The van der Waals surface area contributed by atoms with Gasteiger partial charge in [0.2, 0.25) is 0 Å². The molecule has 1 atom stereocenters. The Bertz CT molecular complexity index is 343. The van der Waals surface area contributed by atoms with Crippen LogP contribution in [0.25, 0.3) is 0 Å². The lowest BCUT2D eigenvalue weighted by Crippen LogP contribution is -2.31. The van der Waals surface area contributed by atoms with E-state index in [1.54, 1.807) is 6.08 Å². The Morgan fingerprint density at radius 1 is 1.35 bits per heavy atom. The van der Waals surface area contributed by atoms with Crippen molar-refractivity contribution < 1.29 is 9.84 Å². The average molecular weight is 235 g/mol. The quantitative estimate of drug-likeness (QED) is 0.559. The number of aliphatic hydroxyl groups is 1. The molecule has 0 radical (unpaired) electrons. The fraction of sp³-hybridized carbons (Fsp3) is 0.429. The van der Waals surface area contributed by atoms with E-state index < -0.39 is 6.10 Å². The molecule has 0 saturated carbocycles. The summed E-state index contributed by atoms with van der Waals surface area (Å²) in [6.45, 7) is 9.16. The van der Waals surface area contributed by atoms with Crippen molar-refractivity contribution in [1.82, 2.24) is 5.32 Å². The minimum Gasteiger partial charge on any atom is -0.491 e. The van der Waals surface area contributed by atoms with Gasteiger partial charge in [0.25, 0.3) is 0 Å². The van der Waals surface area contributed by atoms with Crippen LogP contribution in [0.4, 0.5) is 0 Å². The van der Waals surface area contributed by atoms with Gasteiger partial charge in [0.05, 0.1) is 0 Å². The minimum absolute atomic E-state index is 0.299. The summed E-state index contributed by atoms with van der Waals surface area (Å²) in [4.78, 5) is 0. The summed E-state index contributed by atoms with van der Waals surface area (Å²) in [5, 5.41) is 12.7. The smallest absolute Gasteiger partial charge is 0.119 e. The maximum Gasteiger partial charge on any atom is 0.119 e. The van der Waals surface area contributed by atoms with Crippen molar-refractivity contribution in [2.24, 2.45) is 0 Å². The highest BCUT2D eigenvalue weighted by Gasteiger charge is 2.04. The van der Waals surface area contributed by atoms with E-state index in [-0.39, 0.29) is 0 Å². The standard InChI is InChI=1S/C14H21NO2/c1-4-5-15-9-13(16)10-17-14-7-11(2)6-12(3)8-14/h4,6-8,13,15-16H,1,5,9-10H2,2-3H3/t13-/m0/s1. The van der Waals surface area contributed by atoms with Crippen LogP contribution in [0.1, 0.15) is 11.1 Å². The molecule has 1 aromatic carbocycles. The molecule has 0 aliphatic carbocycles. The molecule has 0 aliphatic heterocycles. The molecule has 0 amide bonds. The molecule has 2 N–H and O–H groups in total. The predicted octanol–water partition coefficient (Wildman–Crippen LogP) is 1.82. The van der Waals surface area contributed by atoms with Crippen molar-refractivity contribution in [2.45, 2.75) is 20.0 Å². The SMILES string of the molecule is C=CCNC[C@H](O)COc1cc(C)cc(C)c1. The van der Waals surface area contributed by atoms with Gasteiger partial charge in [0, 0.05) is 13.1 Å². The van der Waals surface area contributed by atoms with Crippen LogP contribution in [0.3, 0.4) is 0 Å². The van der Waals surface area contributed by atoms with E-state index in [0.717, 1.165) is 5.75 Å². The Balaban J connectivity index is 2.36. The van der Waals surface area contributed by atoms with Gasteiger partial charge in [0.15, 0.2) is 0 Å². The van der Waals surface area contributed by atoms with Gasteiger partial charge in [-0.2, -0.15) is 0 Å². The normalized spacial score (nSPS) is 12.2. The fourth-order valence-electron chi connectivity index (χ4n) is 1.62. The molecule has 17 heavy (non-hydrogen) atoms. The third-order valence-corrected chi connectivity index (χ3v) is 2.31. The first-order valence-corrected chi connectivity index (χ1v) is 5.82. The van der Waals surface area contributed by atoms with E-state index in [0.29, 0.717) is 19.7 Å². The van der Waals surface area contributed by atoms with Crippen molar-refractivity contribution in [2.75, 3.05) is 19.7 Å². The third-order valence-electron chi connectivity index (χ3n) is 2.31. The molecule has 0 fully saturated rings. The number of aliphatic hydroxyl groups excluding tert-OH is 1. The molecule has 3 nitrogen and oxygen atoms in total. The van der Waals surface area contributed by atoms with Gasteiger partial charge in [-0.25, -0.2) is 0 Å². The van der Waals surface area contributed by atoms with Crippen LogP contribution < -0.4 is 10.1 Å². The molecule has 0 aromatic heterocycles. The Morgan fingerprint density at radius 2 is 2.00 bits per heavy atom. The van der Waals surface area contributed by atoms with E-state index in [2.05, 4.69) is 18.0 Å². The van der Waals surface area contributed by atoms with Gasteiger partial charge >= 0.3 is 0 Å². The summed E-state index contributed by atoms with van der Waals surface area (Å²) in [5.74, 6) is 0.810. The van der Waals surface area contributed by atoms with Gasteiger partial charge < -0.3 is 15.2 Å². The number of ether oxygens (including phenoxy) is 1. The summed E-state index contributed by atoms with van der Waals surface area (Å²) in [7, 11) is 0. The number of benzene rings is 1. The van der Waals surface area contributed by atoms with Crippen molar-refractivity contribution in [3.8, 4) is 5.75 Å². The fourth-order valence-corrected chi connectivity index (χ4v) is 1.62. The lowest BCUT2D eigenvalue weighted by Gasteiger charge is -2.13. The van der Waals surface area contributed by atoms with Crippen molar-refractivity contribution in [3.05, 3.63) is 42.0 Å². The number of hydrogen-bond donors (Lipinski definition) is 2. The highest BCUT2D eigenvalue weighted by atomic mass is 16.5. The van der Waals surface area contributed by atoms with Crippen LogP contribution in [0.15, 0.2) is 30.9 Å². The summed E-state index contributed by atoms with van der Waals surface area (Å²) < 4.78 is 5.54. The summed E-state index contributed by atoms with van der Waals surface area (Å²) in [6, 6.07) is 6.03. The van der Waals surface area contributed by atoms with Crippen LogP contribution in [-0.2, 0) is 0 Å². The largest absolute Gasteiger partial charge is 0.491 e. The first kappa shape index (κ1) is 13.7.